The topological polar surface area (TPSA) is 138 Å². The second-order valence-corrected chi connectivity index (χ2v) is 6.05. The maximum Gasteiger partial charge on any atom is 0.339 e. The number of benzene rings is 2. The van der Waals surface area contributed by atoms with E-state index in [2.05, 4.69) is 14.8 Å². The number of aromatic carboxylic acids is 1. The fourth-order valence-electron chi connectivity index (χ4n) is 2.22. The fraction of sp³-hybridized carbons (Fsp3) is 0.176. The Kier molecular flexibility index (Phi) is 9.30. The highest BCUT2D eigenvalue weighted by Gasteiger charge is 2.17. The zero-order valence-electron chi connectivity index (χ0n) is 14.8. The van der Waals surface area contributed by atoms with E-state index < -0.39 is 23.6 Å². The summed E-state index contributed by atoms with van der Waals surface area (Å²) in [5.74, 6) is -3.10. The van der Waals surface area contributed by atoms with Crippen LogP contribution in [-0.2, 0) is 17.8 Å². The highest BCUT2D eigenvalue weighted by Crippen LogP contribution is 2.24. The standard InChI is InChI=1S/C9H7ClFN3O2.C8H7ClFNO2/c1-16-9(15)8-5(4-13-14-12)2-6(11)3-7(8)10;9-6-2-5(10)1-4(3-11)7(6)8(12)13/h2-3H,4H2,1H3;1-2H,3,11H2,(H,12,13). The van der Waals surface area contributed by atoms with Gasteiger partial charge in [-0.3, -0.25) is 0 Å². The van der Waals surface area contributed by atoms with Gasteiger partial charge in [0.05, 0.1) is 34.8 Å². The van der Waals surface area contributed by atoms with Crippen molar-refractivity contribution in [2.45, 2.75) is 13.1 Å². The first kappa shape index (κ1) is 24.1. The Morgan fingerprint density at radius 1 is 1.14 bits per heavy atom. The van der Waals surface area contributed by atoms with E-state index in [1.54, 1.807) is 0 Å². The quantitative estimate of drug-likeness (QED) is 0.296. The number of carbonyl (C=O) groups excluding carboxylic acids is 1. The molecule has 0 saturated heterocycles. The molecule has 8 nitrogen and oxygen atoms in total. The maximum atomic E-state index is 13.0. The Hall–Kier alpha value is -2.91. The van der Waals surface area contributed by atoms with E-state index in [0.717, 1.165) is 24.3 Å². The minimum Gasteiger partial charge on any atom is -0.478 e. The van der Waals surface area contributed by atoms with Crippen LogP contribution in [0, 0.1) is 11.6 Å². The lowest BCUT2D eigenvalue weighted by Crippen LogP contribution is -2.08. The lowest BCUT2D eigenvalue weighted by Gasteiger charge is -2.07. The van der Waals surface area contributed by atoms with Crippen molar-refractivity contribution in [3.63, 3.8) is 0 Å². The van der Waals surface area contributed by atoms with Crippen LogP contribution in [0.15, 0.2) is 29.4 Å². The summed E-state index contributed by atoms with van der Waals surface area (Å²) in [5.41, 5.74) is 13.7. The van der Waals surface area contributed by atoms with Crippen LogP contribution in [0.25, 0.3) is 10.4 Å². The molecule has 0 aliphatic heterocycles. The third kappa shape index (κ3) is 6.58. The average molecular weight is 447 g/mol. The molecule has 0 aliphatic rings. The minimum atomic E-state index is -1.20. The molecule has 0 unspecified atom stereocenters. The van der Waals surface area contributed by atoms with Gasteiger partial charge in [0, 0.05) is 11.5 Å². The maximum absolute atomic E-state index is 13.0. The summed E-state index contributed by atoms with van der Waals surface area (Å²) in [7, 11) is 1.18. The Bertz CT molecular complexity index is 982. The van der Waals surface area contributed by atoms with Crippen LogP contribution in [0.3, 0.4) is 0 Å². The first-order valence-corrected chi connectivity index (χ1v) is 8.40. The summed E-state index contributed by atoms with van der Waals surface area (Å²) in [6.45, 7) is -0.225. The van der Waals surface area contributed by atoms with Gasteiger partial charge in [0.1, 0.15) is 11.6 Å². The normalized spacial score (nSPS) is 9.72. The number of azide groups is 1. The van der Waals surface area contributed by atoms with Gasteiger partial charge in [-0.25, -0.2) is 18.4 Å². The molecule has 0 aliphatic carbocycles. The molecule has 0 radical (unpaired) electrons. The van der Waals surface area contributed by atoms with E-state index in [4.69, 9.17) is 39.6 Å². The summed E-state index contributed by atoms with van der Waals surface area (Å²) in [6.07, 6.45) is 0. The number of ether oxygens (including phenoxy) is 1. The number of nitrogens with zero attached hydrogens (tertiary/aromatic N) is 3. The summed E-state index contributed by atoms with van der Waals surface area (Å²) in [5, 5.41) is 11.7. The second-order valence-electron chi connectivity index (χ2n) is 5.23. The van der Waals surface area contributed by atoms with Crippen LogP contribution in [-0.4, -0.2) is 24.2 Å². The van der Waals surface area contributed by atoms with Crippen LogP contribution in [0.5, 0.6) is 0 Å². The fourth-order valence-corrected chi connectivity index (χ4v) is 2.83. The number of halogens is 4. The molecule has 0 heterocycles. The predicted molar refractivity (Wildman–Crippen MR) is 102 cm³/mol. The number of rotatable bonds is 5. The third-order valence-corrected chi connectivity index (χ3v) is 4.00. The van der Waals surface area contributed by atoms with Gasteiger partial charge in [0.25, 0.3) is 0 Å². The van der Waals surface area contributed by atoms with E-state index in [1.807, 2.05) is 0 Å². The Balaban J connectivity index is 0.000000296. The highest BCUT2D eigenvalue weighted by atomic mass is 35.5. The average Bonchev–Trinajstić information content (AvgIpc) is 2.64. The number of hydrogen-bond donors (Lipinski definition) is 2. The lowest BCUT2D eigenvalue weighted by atomic mass is 10.1. The SMILES string of the molecule is COC(=O)c1c(Cl)cc(F)cc1CN=[N+]=[N-].NCc1cc(F)cc(Cl)c1C(=O)O. The van der Waals surface area contributed by atoms with Crippen LogP contribution in [0.2, 0.25) is 10.0 Å². The Labute approximate surface area is 173 Å². The van der Waals surface area contributed by atoms with Crippen molar-refractivity contribution >= 4 is 35.1 Å². The first-order chi connectivity index (χ1) is 13.7. The van der Waals surface area contributed by atoms with Crippen molar-refractivity contribution in [3.8, 4) is 0 Å². The number of methoxy groups -OCH3 is 1. The number of carboxylic acids is 1. The van der Waals surface area contributed by atoms with E-state index >= 15 is 0 Å². The van der Waals surface area contributed by atoms with Gasteiger partial charge in [0.15, 0.2) is 0 Å². The van der Waals surface area contributed by atoms with E-state index in [9.17, 15) is 18.4 Å². The molecule has 2 aromatic rings. The molecule has 29 heavy (non-hydrogen) atoms. The summed E-state index contributed by atoms with van der Waals surface area (Å²) >= 11 is 11.2. The van der Waals surface area contributed by atoms with Gasteiger partial charge in [0.2, 0.25) is 0 Å². The Morgan fingerprint density at radius 3 is 2.10 bits per heavy atom. The minimum absolute atomic E-state index is 0.0120. The van der Waals surface area contributed by atoms with Crippen LogP contribution in [0.4, 0.5) is 8.78 Å². The van der Waals surface area contributed by atoms with Crippen molar-refractivity contribution in [1.29, 1.82) is 0 Å². The van der Waals surface area contributed by atoms with Crippen LogP contribution >= 0.6 is 23.2 Å². The van der Waals surface area contributed by atoms with Gasteiger partial charge < -0.3 is 15.6 Å². The largest absolute Gasteiger partial charge is 0.478 e. The molecule has 154 valence electrons. The number of carbonyl (C=O) groups is 2. The summed E-state index contributed by atoms with van der Waals surface area (Å²) in [4.78, 5) is 24.5. The van der Waals surface area contributed by atoms with Crippen molar-refractivity contribution in [2.75, 3.05) is 7.11 Å². The van der Waals surface area contributed by atoms with Gasteiger partial charge in [-0.1, -0.05) is 28.3 Å². The van der Waals surface area contributed by atoms with E-state index in [0.29, 0.717) is 0 Å². The van der Waals surface area contributed by atoms with Gasteiger partial charge in [-0.05, 0) is 40.9 Å². The second kappa shape index (κ2) is 11.2. The summed E-state index contributed by atoms with van der Waals surface area (Å²) < 4.78 is 30.3. The first-order valence-electron chi connectivity index (χ1n) is 7.64. The molecule has 0 aromatic heterocycles. The van der Waals surface area contributed by atoms with Crippen molar-refractivity contribution in [2.24, 2.45) is 10.8 Å². The number of hydrogen-bond acceptors (Lipinski definition) is 5. The van der Waals surface area contributed by atoms with Gasteiger partial charge in [-0.15, -0.1) is 0 Å². The third-order valence-electron chi connectivity index (χ3n) is 3.40. The molecule has 0 bridgehead atoms. The molecule has 0 atom stereocenters. The lowest BCUT2D eigenvalue weighted by molar-refractivity contribution is 0.0598. The number of esters is 1. The van der Waals surface area contributed by atoms with Gasteiger partial charge >= 0.3 is 11.9 Å². The predicted octanol–water partition coefficient (Wildman–Crippen LogP) is 4.71. The molecular formula is C17H14Cl2F2N4O4. The molecule has 12 heteroatoms. The van der Waals surface area contributed by atoms with Crippen molar-refractivity contribution in [1.82, 2.24) is 0 Å². The molecule has 2 rings (SSSR count). The molecular weight excluding hydrogens is 433 g/mol. The number of nitrogens with two attached hydrogens (primary N) is 1. The molecule has 0 saturated carbocycles. The smallest absolute Gasteiger partial charge is 0.339 e. The molecule has 3 N–H and O–H groups in total. The molecule has 0 amide bonds. The Morgan fingerprint density at radius 2 is 1.66 bits per heavy atom. The van der Waals surface area contributed by atoms with Crippen molar-refractivity contribution < 1.29 is 28.2 Å². The zero-order valence-corrected chi connectivity index (χ0v) is 16.3. The zero-order chi connectivity index (χ0) is 22.1. The molecule has 2 aromatic carbocycles. The van der Waals surface area contributed by atoms with Crippen LogP contribution < -0.4 is 5.73 Å². The molecule has 0 spiro atoms. The monoisotopic (exact) mass is 446 g/mol. The number of carboxylic acid groups (broad SMARTS) is 1. The van der Waals surface area contributed by atoms with Crippen LogP contribution in [0.1, 0.15) is 31.8 Å². The van der Waals surface area contributed by atoms with E-state index in [1.165, 1.54) is 7.11 Å². The van der Waals surface area contributed by atoms with Crippen molar-refractivity contribution in [3.05, 3.63) is 78.6 Å². The molecule has 0 fully saturated rings. The highest BCUT2D eigenvalue weighted by molar-refractivity contribution is 6.34. The summed E-state index contributed by atoms with van der Waals surface area (Å²) in [6, 6.07) is 4.08. The van der Waals surface area contributed by atoms with E-state index in [-0.39, 0.29) is 45.4 Å². The van der Waals surface area contributed by atoms with Gasteiger partial charge in [-0.2, -0.15) is 0 Å².